The van der Waals surface area contributed by atoms with Crippen LogP contribution in [0.4, 0.5) is 0 Å². The normalized spacial score (nSPS) is 16.5. The first-order chi connectivity index (χ1) is 36.2. The third kappa shape index (κ3) is 4.79. The molecule has 12 rings (SSSR count). The second kappa shape index (κ2) is 12.5. The molecule has 0 N–H and O–H groups in total. The Kier molecular flexibility index (Phi) is 4.01. The number of nitrogens with zero attached hydrogens (tertiary/aromatic N) is 3. The lowest BCUT2D eigenvalue weighted by atomic mass is 10.0. The minimum absolute atomic E-state index is 0.0954. The van der Waals surface area contributed by atoms with Crippen LogP contribution < -0.4 is 0 Å². The monoisotopic (exact) mass is 744 g/mol. The zero-order chi connectivity index (χ0) is 54.0. The van der Waals surface area contributed by atoms with Crippen LogP contribution in [0.2, 0.25) is 0 Å². The van der Waals surface area contributed by atoms with Crippen LogP contribution in [-0.4, -0.2) is 13.7 Å². The summed E-state index contributed by atoms with van der Waals surface area (Å²) in [6.45, 7) is 0. The Morgan fingerprint density at radius 2 is 0.842 bits per heavy atom. The van der Waals surface area contributed by atoms with Gasteiger partial charge in [0, 0.05) is 43.7 Å². The van der Waals surface area contributed by atoms with E-state index in [2.05, 4.69) is 0 Å². The first-order valence-electron chi connectivity index (χ1n) is 27.6. The van der Waals surface area contributed by atoms with Crippen molar-refractivity contribution < 1.29 is 26.0 Å². The molecule has 266 valence electrons. The molecule has 3 heteroatoms. The van der Waals surface area contributed by atoms with Crippen LogP contribution in [0, 0.1) is 0 Å². The molecule has 0 aliphatic heterocycles. The van der Waals surface area contributed by atoms with Gasteiger partial charge >= 0.3 is 0 Å². The molecule has 3 nitrogen and oxygen atoms in total. The van der Waals surface area contributed by atoms with Crippen molar-refractivity contribution in [3.63, 3.8) is 0 Å². The molecule has 12 aromatic rings. The number of rotatable bonds is 5. The molecule has 3 heterocycles. The molecule has 0 saturated heterocycles. The predicted octanol–water partition coefficient (Wildman–Crippen LogP) is 14.3. The van der Waals surface area contributed by atoms with Gasteiger partial charge in [-0.05, 0) is 101 Å². The lowest BCUT2D eigenvalue weighted by Gasteiger charge is -2.12. The molecule has 0 aliphatic carbocycles. The molecule has 57 heavy (non-hydrogen) atoms. The highest BCUT2D eigenvalue weighted by Gasteiger charge is 2.20. The molecule has 0 atom stereocenters. The van der Waals surface area contributed by atoms with Crippen LogP contribution in [-0.2, 0) is 0 Å². The van der Waals surface area contributed by atoms with Crippen molar-refractivity contribution in [3.05, 3.63) is 212 Å². The molecule has 0 unspecified atom stereocenters. The highest BCUT2D eigenvalue weighted by molar-refractivity contribution is 6.17. The molecule has 0 saturated carbocycles. The van der Waals surface area contributed by atoms with Crippen LogP contribution in [0.1, 0.15) is 26.0 Å². The lowest BCUT2D eigenvalue weighted by molar-refractivity contribution is 1.17. The summed E-state index contributed by atoms with van der Waals surface area (Å²) in [5, 5.41) is -0.0599. The molecule has 0 aliphatic rings. The lowest BCUT2D eigenvalue weighted by Crippen LogP contribution is -1.96. The van der Waals surface area contributed by atoms with Gasteiger partial charge in [0.25, 0.3) is 0 Å². The van der Waals surface area contributed by atoms with Gasteiger partial charge in [-0.3, -0.25) is 0 Å². The van der Waals surface area contributed by atoms with E-state index in [4.69, 9.17) is 13.7 Å². The number of hydrogen-bond acceptors (Lipinski definition) is 0. The van der Waals surface area contributed by atoms with Gasteiger partial charge in [0.1, 0.15) is 0 Å². The molecule has 0 spiro atoms. The predicted molar refractivity (Wildman–Crippen MR) is 240 cm³/mol. The summed E-state index contributed by atoms with van der Waals surface area (Å²) in [4.78, 5) is 0. The van der Waals surface area contributed by atoms with Crippen molar-refractivity contribution in [2.75, 3.05) is 0 Å². The average molecular weight is 745 g/mol. The highest BCUT2D eigenvalue weighted by atomic mass is 15.0. The van der Waals surface area contributed by atoms with Crippen LogP contribution in [0.3, 0.4) is 0 Å². The second-order valence-electron chi connectivity index (χ2n) is 13.5. The SMILES string of the molecule is [2H]c1c([2H])c([2H])c(-n2c3ccccc3c3c(-n4c5c([2H])c([2H])c([2H])c([2H])c5c5c([2H])c(-c6c([2H])c([2H])c7c(c6[2H])c6c([2H])c([2H])c([2H])c([2H])c6n7-c6ccc(-c7ccccc7)cc6)c([2H])c([2H])c54)cccc32)c([2H])c1[2H]. The van der Waals surface area contributed by atoms with E-state index in [-0.39, 0.29) is 55.0 Å². The number of hydrogen-bond donors (Lipinski definition) is 0. The molecule has 3 aromatic heterocycles. The maximum absolute atomic E-state index is 10.1. The van der Waals surface area contributed by atoms with Crippen LogP contribution in [0.5, 0.6) is 0 Å². The molecular formula is C54H35N3. The Balaban J connectivity index is 1.21. The number of aromatic nitrogens is 3. The average Bonchev–Trinajstić information content (AvgIpc) is 4.13. The molecule has 0 fully saturated rings. The number of para-hydroxylation sites is 4. The molecule has 0 bridgehead atoms. The molecular weight excluding hydrogens is 691 g/mol. The summed E-state index contributed by atoms with van der Waals surface area (Å²) in [5.41, 5.74) is 1.06. The maximum Gasteiger partial charge on any atom is 0.0645 e. The van der Waals surface area contributed by atoms with Crippen LogP contribution >= 0.6 is 0 Å². The van der Waals surface area contributed by atoms with Crippen molar-refractivity contribution in [1.29, 1.82) is 0 Å². The highest BCUT2D eigenvalue weighted by Crippen LogP contribution is 2.42. The standard InChI is InChI=1S/C54H35N3/c1-3-14-36(15-4-1)37-26-30-41(31-27-37)55-47-21-10-7-18-42(47)45-34-38(28-32-50(45)55)39-29-33-51-46(35-39)43-19-8-11-22-48(43)57(51)53-25-13-24-52-54(53)44-20-9-12-23-49(44)56(52)40-16-5-2-6-17-40/h1-35H/i2D,5D,6D,7D,8D,10D,11D,16D,17D,18D,19D,21D,22D,28D,29D,32D,33D,34D,35D. The summed E-state index contributed by atoms with van der Waals surface area (Å²) < 4.78 is 179. The third-order valence-corrected chi connectivity index (χ3v) is 10.4. The fraction of sp³-hybridized carbons (Fsp3) is 0. The van der Waals surface area contributed by atoms with Crippen LogP contribution in [0.25, 0.3) is 105 Å². The fourth-order valence-electron chi connectivity index (χ4n) is 7.99. The summed E-state index contributed by atoms with van der Waals surface area (Å²) >= 11 is 0. The van der Waals surface area contributed by atoms with Gasteiger partial charge < -0.3 is 13.7 Å². The van der Waals surface area contributed by atoms with E-state index >= 15 is 0 Å². The van der Waals surface area contributed by atoms with E-state index in [1.165, 1.54) is 13.7 Å². The van der Waals surface area contributed by atoms with Gasteiger partial charge in [0.15, 0.2) is 0 Å². The first kappa shape index (κ1) is 18.3. The quantitative estimate of drug-likeness (QED) is 0.167. The van der Waals surface area contributed by atoms with Gasteiger partial charge in [-0.2, -0.15) is 0 Å². The summed E-state index contributed by atoms with van der Waals surface area (Å²) in [7, 11) is 0. The Bertz CT molecular complexity index is 4590. The van der Waals surface area contributed by atoms with E-state index in [9.17, 15) is 12.3 Å². The maximum atomic E-state index is 10.1. The van der Waals surface area contributed by atoms with Crippen molar-refractivity contribution in [3.8, 4) is 39.3 Å². The van der Waals surface area contributed by atoms with Gasteiger partial charge in [-0.15, -0.1) is 0 Å². The van der Waals surface area contributed by atoms with Gasteiger partial charge in [0.2, 0.25) is 0 Å². The Hall–Kier alpha value is -7.62. The summed E-state index contributed by atoms with van der Waals surface area (Å²) in [5.74, 6) is 0. The van der Waals surface area contributed by atoms with Gasteiger partial charge in [-0.1, -0.05) is 133 Å². The first-order valence-corrected chi connectivity index (χ1v) is 18.1. The smallest absolute Gasteiger partial charge is 0.0645 e. The minimum Gasteiger partial charge on any atom is -0.309 e. The van der Waals surface area contributed by atoms with Crippen molar-refractivity contribution in [2.24, 2.45) is 0 Å². The third-order valence-electron chi connectivity index (χ3n) is 10.4. The van der Waals surface area contributed by atoms with Crippen molar-refractivity contribution in [1.82, 2.24) is 13.7 Å². The number of benzene rings is 9. The topological polar surface area (TPSA) is 14.8 Å². The fourth-order valence-corrected chi connectivity index (χ4v) is 7.99. The van der Waals surface area contributed by atoms with E-state index in [1.54, 1.807) is 66.7 Å². The summed E-state index contributed by atoms with van der Waals surface area (Å²) in [6, 6.07) is 16.7. The zero-order valence-electron chi connectivity index (χ0n) is 48.6. The Morgan fingerprint density at radius 1 is 0.298 bits per heavy atom. The Morgan fingerprint density at radius 3 is 1.56 bits per heavy atom. The van der Waals surface area contributed by atoms with E-state index < -0.39 is 126 Å². The van der Waals surface area contributed by atoms with E-state index in [0.29, 0.717) is 27.5 Å². The second-order valence-corrected chi connectivity index (χ2v) is 13.5. The van der Waals surface area contributed by atoms with E-state index in [0.717, 1.165) is 11.1 Å². The summed E-state index contributed by atoms with van der Waals surface area (Å²) in [6.07, 6.45) is 0. The molecule has 9 aromatic carbocycles. The van der Waals surface area contributed by atoms with Crippen LogP contribution in [0.15, 0.2) is 212 Å². The van der Waals surface area contributed by atoms with Gasteiger partial charge in [0.05, 0.1) is 64.8 Å². The van der Waals surface area contributed by atoms with Crippen molar-refractivity contribution >= 4 is 65.4 Å². The Labute approximate surface area is 356 Å². The van der Waals surface area contributed by atoms with Crippen molar-refractivity contribution in [2.45, 2.75) is 0 Å². The minimum atomic E-state index is -0.728. The molecule has 0 amide bonds. The van der Waals surface area contributed by atoms with E-state index in [1.807, 2.05) is 30.3 Å². The number of fused-ring (bicyclic) bond motifs is 9. The van der Waals surface area contributed by atoms with Gasteiger partial charge in [-0.25, -0.2) is 0 Å². The largest absolute Gasteiger partial charge is 0.309 e. The zero-order valence-corrected chi connectivity index (χ0v) is 29.6. The molecule has 0 radical (unpaired) electrons.